The van der Waals surface area contributed by atoms with Gasteiger partial charge in [0.15, 0.2) is 0 Å². The lowest BCUT2D eigenvalue weighted by molar-refractivity contribution is -0.137. The lowest BCUT2D eigenvalue weighted by atomic mass is 9.95. The average molecular weight is 530 g/mol. The highest BCUT2D eigenvalue weighted by atomic mass is 127. The van der Waals surface area contributed by atoms with Crippen molar-refractivity contribution in [3.63, 3.8) is 0 Å². The number of rotatable bonds is 4. The van der Waals surface area contributed by atoms with Crippen molar-refractivity contribution in [3.8, 4) is 11.5 Å². The molecule has 0 aliphatic carbocycles. The highest BCUT2D eigenvalue weighted by Crippen LogP contribution is 2.40. The summed E-state index contributed by atoms with van der Waals surface area (Å²) in [4.78, 5) is 0. The van der Waals surface area contributed by atoms with E-state index in [-0.39, 0.29) is 17.9 Å². The summed E-state index contributed by atoms with van der Waals surface area (Å²) in [5.41, 5.74) is -1.29. The van der Waals surface area contributed by atoms with Gasteiger partial charge in [-0.15, -0.1) is 0 Å². The van der Waals surface area contributed by atoms with Crippen LogP contribution >= 0.6 is 22.6 Å². The molecule has 158 valence electrons. The molecule has 0 bridgehead atoms. The molecule has 0 spiro atoms. The zero-order valence-electron chi connectivity index (χ0n) is 14.7. The van der Waals surface area contributed by atoms with Crippen molar-refractivity contribution in [3.05, 3.63) is 59.2 Å². The Morgan fingerprint density at radius 3 is 2.17 bits per heavy atom. The van der Waals surface area contributed by atoms with Crippen LogP contribution in [-0.4, -0.2) is 33.0 Å². The molecule has 1 heterocycles. The number of aliphatic hydroxyl groups excluding tert-OH is 2. The normalized spacial score (nSPS) is 25.1. The Morgan fingerprint density at radius 2 is 1.66 bits per heavy atom. The molecule has 29 heavy (non-hydrogen) atoms. The first-order valence-corrected chi connectivity index (χ1v) is 9.77. The summed E-state index contributed by atoms with van der Waals surface area (Å²) in [7, 11) is 0. The van der Waals surface area contributed by atoms with E-state index in [1.54, 1.807) is 0 Å². The summed E-state index contributed by atoms with van der Waals surface area (Å²) in [6.07, 6.45) is -7.18. The largest absolute Gasteiger partial charge is 0.457 e. The summed E-state index contributed by atoms with van der Waals surface area (Å²) in [6, 6.07) is 5.45. The van der Waals surface area contributed by atoms with Crippen LogP contribution < -0.4 is 4.74 Å². The van der Waals surface area contributed by atoms with Crippen LogP contribution in [0.2, 0.25) is 0 Å². The molecule has 0 radical (unpaired) electrons. The van der Waals surface area contributed by atoms with Gasteiger partial charge in [0, 0.05) is 18.6 Å². The molecule has 1 saturated heterocycles. The standard InChI is InChI=1S/C19H16F5IO4/c20-13-5-11(28-10-3-1-9(2-4-10)19(22,23)24)6-14(21)16(13)18-17(25)15(27)7-12(8-26)29-18/h1-6,12,15,17-18,26-27H,7-8H2/t12-,15-,17?,18-/m0/s1. The molecule has 1 aliphatic heterocycles. The summed E-state index contributed by atoms with van der Waals surface area (Å²) < 4.78 is 77.2. The van der Waals surface area contributed by atoms with E-state index < -0.39 is 57.8 Å². The summed E-state index contributed by atoms with van der Waals surface area (Å²) in [5, 5.41) is 19.3. The van der Waals surface area contributed by atoms with Gasteiger partial charge >= 0.3 is 6.18 Å². The number of benzene rings is 2. The summed E-state index contributed by atoms with van der Waals surface area (Å²) >= 11 is 1.83. The third-order valence-corrected chi connectivity index (χ3v) is 5.94. The maximum Gasteiger partial charge on any atom is 0.416 e. The van der Waals surface area contributed by atoms with Gasteiger partial charge in [-0.1, -0.05) is 22.6 Å². The maximum atomic E-state index is 14.7. The van der Waals surface area contributed by atoms with Crippen LogP contribution in [0.5, 0.6) is 11.5 Å². The second kappa shape index (κ2) is 8.70. The first kappa shape index (κ1) is 22.2. The summed E-state index contributed by atoms with van der Waals surface area (Å²) in [5.74, 6) is -2.27. The molecule has 4 atom stereocenters. The van der Waals surface area contributed by atoms with Gasteiger partial charge in [0.2, 0.25) is 0 Å². The molecule has 10 heteroatoms. The van der Waals surface area contributed by atoms with Gasteiger partial charge in [-0.05, 0) is 24.3 Å². The van der Waals surface area contributed by atoms with Crippen LogP contribution in [0.15, 0.2) is 36.4 Å². The Hall–Kier alpha value is -1.50. The van der Waals surface area contributed by atoms with E-state index in [0.717, 1.165) is 36.4 Å². The predicted molar refractivity (Wildman–Crippen MR) is 101 cm³/mol. The minimum Gasteiger partial charge on any atom is -0.457 e. The van der Waals surface area contributed by atoms with Crippen LogP contribution in [0.4, 0.5) is 22.0 Å². The predicted octanol–water partition coefficient (Wildman–Crippen LogP) is 4.76. The molecule has 1 fully saturated rings. The number of aliphatic hydroxyl groups is 2. The van der Waals surface area contributed by atoms with Crippen molar-refractivity contribution in [2.45, 2.75) is 34.8 Å². The first-order valence-electron chi connectivity index (χ1n) is 8.52. The van der Waals surface area contributed by atoms with Crippen LogP contribution in [-0.2, 0) is 10.9 Å². The van der Waals surface area contributed by atoms with Crippen molar-refractivity contribution >= 4 is 22.6 Å². The van der Waals surface area contributed by atoms with Gasteiger partial charge in [0.1, 0.15) is 29.2 Å². The lowest BCUT2D eigenvalue weighted by Crippen LogP contribution is -2.42. The van der Waals surface area contributed by atoms with E-state index in [9.17, 15) is 32.2 Å². The van der Waals surface area contributed by atoms with E-state index in [4.69, 9.17) is 9.47 Å². The van der Waals surface area contributed by atoms with E-state index in [1.807, 2.05) is 22.6 Å². The smallest absolute Gasteiger partial charge is 0.416 e. The SMILES string of the molecule is OC[C@@H]1C[C@H](O)C(I)[C@H](c2c(F)cc(Oc3ccc(C(F)(F)F)cc3)cc2F)O1. The number of ether oxygens (including phenoxy) is 2. The molecule has 3 rings (SSSR count). The molecular formula is C19H16F5IO4. The van der Waals surface area contributed by atoms with Crippen molar-refractivity contribution in [2.75, 3.05) is 6.61 Å². The van der Waals surface area contributed by atoms with Gasteiger partial charge in [0.25, 0.3) is 0 Å². The van der Waals surface area contributed by atoms with Gasteiger partial charge in [-0.3, -0.25) is 0 Å². The Labute approximate surface area is 176 Å². The van der Waals surface area contributed by atoms with Gasteiger partial charge in [-0.25, -0.2) is 8.78 Å². The van der Waals surface area contributed by atoms with E-state index in [2.05, 4.69) is 0 Å². The third kappa shape index (κ3) is 4.98. The molecule has 1 unspecified atom stereocenters. The van der Waals surface area contributed by atoms with Crippen LogP contribution in [0, 0.1) is 11.6 Å². The minimum absolute atomic E-state index is 0.0269. The van der Waals surface area contributed by atoms with Crippen molar-refractivity contribution in [1.82, 2.24) is 0 Å². The highest BCUT2D eigenvalue weighted by Gasteiger charge is 2.39. The fourth-order valence-electron chi connectivity index (χ4n) is 3.02. The molecule has 0 aromatic heterocycles. The monoisotopic (exact) mass is 530 g/mol. The molecule has 0 amide bonds. The number of alkyl halides is 4. The van der Waals surface area contributed by atoms with E-state index in [0.29, 0.717) is 0 Å². The fraction of sp³-hybridized carbons (Fsp3) is 0.368. The molecular weight excluding hydrogens is 514 g/mol. The van der Waals surface area contributed by atoms with Crippen LogP contribution in [0.1, 0.15) is 23.7 Å². The van der Waals surface area contributed by atoms with Crippen molar-refractivity contribution < 1.29 is 41.6 Å². The maximum absolute atomic E-state index is 14.7. The zero-order valence-corrected chi connectivity index (χ0v) is 16.8. The van der Waals surface area contributed by atoms with Crippen molar-refractivity contribution in [1.29, 1.82) is 0 Å². The Kier molecular flexibility index (Phi) is 6.66. The minimum atomic E-state index is -4.51. The Morgan fingerprint density at radius 1 is 1.07 bits per heavy atom. The molecule has 4 nitrogen and oxygen atoms in total. The van der Waals surface area contributed by atoms with Crippen LogP contribution in [0.25, 0.3) is 0 Å². The average Bonchev–Trinajstić information content (AvgIpc) is 2.64. The molecule has 2 aromatic rings. The highest BCUT2D eigenvalue weighted by molar-refractivity contribution is 14.1. The van der Waals surface area contributed by atoms with E-state index in [1.165, 1.54) is 0 Å². The topological polar surface area (TPSA) is 58.9 Å². The Bertz CT molecular complexity index is 836. The second-order valence-electron chi connectivity index (χ2n) is 6.53. The number of hydrogen-bond donors (Lipinski definition) is 2. The first-order chi connectivity index (χ1) is 13.6. The Balaban J connectivity index is 1.84. The van der Waals surface area contributed by atoms with Gasteiger partial charge in [-0.2, -0.15) is 13.2 Å². The third-order valence-electron chi connectivity index (χ3n) is 4.46. The van der Waals surface area contributed by atoms with E-state index >= 15 is 0 Å². The van der Waals surface area contributed by atoms with Crippen LogP contribution in [0.3, 0.4) is 0 Å². The molecule has 2 N–H and O–H groups in total. The summed E-state index contributed by atoms with van der Waals surface area (Å²) in [6.45, 7) is -0.407. The molecule has 0 saturated carbocycles. The fourth-order valence-corrected chi connectivity index (χ4v) is 3.85. The molecule has 1 aliphatic rings. The van der Waals surface area contributed by atoms with Gasteiger partial charge < -0.3 is 19.7 Å². The lowest BCUT2D eigenvalue weighted by Gasteiger charge is -2.37. The number of halogens is 6. The zero-order chi connectivity index (χ0) is 21.3. The van der Waals surface area contributed by atoms with Gasteiger partial charge in [0.05, 0.1) is 33.9 Å². The second-order valence-corrected chi connectivity index (χ2v) is 7.97. The molecule has 2 aromatic carbocycles. The van der Waals surface area contributed by atoms with Crippen molar-refractivity contribution in [2.24, 2.45) is 0 Å². The number of hydrogen-bond acceptors (Lipinski definition) is 4. The quantitative estimate of drug-likeness (QED) is 0.340.